The molecule has 2 bridgehead atoms. The van der Waals surface area contributed by atoms with E-state index in [1.807, 2.05) is 0 Å². The van der Waals surface area contributed by atoms with Crippen molar-refractivity contribution in [1.29, 1.82) is 0 Å². The van der Waals surface area contributed by atoms with E-state index >= 15 is 0 Å². The number of nitrogens with one attached hydrogen (secondary N) is 2. The van der Waals surface area contributed by atoms with Gasteiger partial charge in [-0.2, -0.15) is 4.98 Å². The van der Waals surface area contributed by atoms with Crippen LogP contribution in [0.25, 0.3) is 0 Å². The Morgan fingerprint density at radius 2 is 2.09 bits per heavy atom. The summed E-state index contributed by atoms with van der Waals surface area (Å²) < 4.78 is 0. The Balaban J connectivity index is 1.36. The molecule has 5 atom stereocenters. The molecule has 1 fully saturated rings. The number of amides is 1. The number of rotatable bonds is 5. The number of nitrogens with zero attached hydrogens (tertiary/aromatic N) is 3. The van der Waals surface area contributed by atoms with Crippen molar-refractivity contribution in [2.24, 2.45) is 23.5 Å². The minimum Gasteiger partial charge on any atom is -0.369 e. The number of likely N-dealkylation sites (N-methyl/N-ethyl adjacent to an activating group) is 1. The van der Waals surface area contributed by atoms with Crippen LogP contribution in [-0.4, -0.2) is 47.0 Å². The van der Waals surface area contributed by atoms with Crippen molar-refractivity contribution in [3.63, 3.8) is 0 Å². The number of carbonyl (C=O) groups is 1. The fourth-order valence-corrected chi connectivity index (χ4v) is 5.70. The van der Waals surface area contributed by atoms with Gasteiger partial charge in [0.15, 0.2) is 5.82 Å². The van der Waals surface area contributed by atoms with Gasteiger partial charge in [0.25, 0.3) is 0 Å². The van der Waals surface area contributed by atoms with Gasteiger partial charge in [-0.1, -0.05) is 36.7 Å². The molecule has 2 aromatic rings. The molecule has 7 nitrogen and oxygen atoms in total. The number of primary amides is 1. The third kappa shape index (κ3) is 3.95. The Labute approximate surface area is 193 Å². The van der Waals surface area contributed by atoms with E-state index in [9.17, 15) is 4.79 Å². The first kappa shape index (κ1) is 21.2. The Morgan fingerprint density at radius 1 is 1.28 bits per heavy atom. The van der Waals surface area contributed by atoms with E-state index in [-0.39, 0.29) is 29.7 Å². The number of hydrogen-bond acceptors (Lipinski definition) is 6. The maximum absolute atomic E-state index is 12.0. The van der Waals surface area contributed by atoms with E-state index in [1.165, 1.54) is 11.1 Å². The van der Waals surface area contributed by atoms with Crippen LogP contribution in [0.3, 0.4) is 0 Å². The summed E-state index contributed by atoms with van der Waals surface area (Å²) in [6, 6.07) is 6.37. The van der Waals surface area contributed by atoms with Crippen LogP contribution in [0.15, 0.2) is 36.5 Å². The van der Waals surface area contributed by atoms with Crippen LogP contribution < -0.4 is 16.4 Å². The molecule has 32 heavy (non-hydrogen) atoms. The molecule has 1 aromatic heterocycles. The van der Waals surface area contributed by atoms with E-state index in [2.05, 4.69) is 69.8 Å². The number of allylic oxidation sites excluding steroid dienone is 1. The summed E-state index contributed by atoms with van der Waals surface area (Å²) in [6.07, 6.45) is 7.83. The zero-order chi connectivity index (χ0) is 22.4. The highest BCUT2D eigenvalue weighted by Gasteiger charge is 2.47. The summed E-state index contributed by atoms with van der Waals surface area (Å²) in [7, 11) is 2.17. The van der Waals surface area contributed by atoms with E-state index in [4.69, 9.17) is 17.3 Å². The van der Waals surface area contributed by atoms with Crippen LogP contribution >= 0.6 is 11.6 Å². The summed E-state index contributed by atoms with van der Waals surface area (Å²) in [5.74, 6) is 1.34. The van der Waals surface area contributed by atoms with Crippen LogP contribution in [0, 0.1) is 17.8 Å². The first-order valence-electron chi connectivity index (χ1n) is 11.2. The predicted molar refractivity (Wildman–Crippen MR) is 127 cm³/mol. The normalized spacial score (nSPS) is 28.9. The smallest absolute Gasteiger partial charge is 0.229 e. The Bertz CT molecular complexity index is 1070. The Hall–Kier alpha value is -2.64. The van der Waals surface area contributed by atoms with Crippen molar-refractivity contribution in [3.05, 3.63) is 52.7 Å². The van der Waals surface area contributed by atoms with E-state index in [0.717, 1.165) is 31.6 Å². The molecule has 1 aliphatic heterocycles. The third-order valence-corrected chi connectivity index (χ3v) is 7.39. The van der Waals surface area contributed by atoms with Gasteiger partial charge < -0.3 is 21.3 Å². The molecule has 5 rings (SSSR count). The quantitative estimate of drug-likeness (QED) is 0.600. The molecule has 1 aromatic carbocycles. The highest BCUT2D eigenvalue weighted by Crippen LogP contribution is 2.45. The molecular weight excluding hydrogens is 424 g/mol. The van der Waals surface area contributed by atoms with E-state index in [1.54, 1.807) is 6.20 Å². The highest BCUT2D eigenvalue weighted by atomic mass is 35.5. The molecule has 0 radical (unpaired) electrons. The average Bonchev–Trinajstić information content (AvgIpc) is 3.33. The molecule has 8 heteroatoms. The van der Waals surface area contributed by atoms with Gasteiger partial charge in [0.2, 0.25) is 11.9 Å². The summed E-state index contributed by atoms with van der Waals surface area (Å²) in [5.41, 5.74) is 9.40. The Kier molecular flexibility index (Phi) is 5.55. The molecule has 0 spiro atoms. The number of hydrogen-bond donors (Lipinski definition) is 3. The first-order chi connectivity index (χ1) is 15.4. The van der Waals surface area contributed by atoms with E-state index < -0.39 is 0 Å². The van der Waals surface area contributed by atoms with Crippen LogP contribution in [0.2, 0.25) is 5.02 Å². The van der Waals surface area contributed by atoms with Crippen molar-refractivity contribution in [1.82, 2.24) is 14.9 Å². The minimum atomic E-state index is -0.285. The van der Waals surface area contributed by atoms with Gasteiger partial charge in [-0.25, -0.2) is 4.98 Å². The second-order valence-electron chi connectivity index (χ2n) is 9.39. The van der Waals surface area contributed by atoms with Gasteiger partial charge in [-0.15, -0.1) is 0 Å². The lowest BCUT2D eigenvalue weighted by atomic mass is 9.88. The number of nitrogens with two attached hydrogens (primary N) is 1. The highest BCUT2D eigenvalue weighted by molar-refractivity contribution is 6.32. The van der Waals surface area contributed by atoms with Gasteiger partial charge in [-0.05, 0) is 60.9 Å². The molecule has 0 saturated heterocycles. The van der Waals surface area contributed by atoms with Crippen molar-refractivity contribution in [2.75, 3.05) is 30.8 Å². The zero-order valence-corrected chi connectivity index (χ0v) is 19.1. The topological polar surface area (TPSA) is 96.2 Å². The second-order valence-corrected chi connectivity index (χ2v) is 9.80. The van der Waals surface area contributed by atoms with Gasteiger partial charge in [0.05, 0.1) is 12.1 Å². The predicted octanol–water partition coefficient (Wildman–Crippen LogP) is 3.55. The number of anilines is 3. The summed E-state index contributed by atoms with van der Waals surface area (Å²) in [5, 5.41) is 7.13. The standard InChI is InChI=1S/C24H29ClN6O/c1-13-12-31(2)8-7-14-5-6-17(10-18(13)14)28-24-27-11-19(25)23(30-24)29-21-16-4-3-15(9-16)20(21)22(26)32/h3-6,10-11,13,15-16,20-21H,7-9,12H2,1-2H3,(H2,26,32)(H2,27,28,29,30)/t13?,15-,16+,20+,21-/m1/s1. The maximum Gasteiger partial charge on any atom is 0.229 e. The van der Waals surface area contributed by atoms with Crippen molar-refractivity contribution < 1.29 is 4.79 Å². The Morgan fingerprint density at radius 3 is 2.91 bits per heavy atom. The lowest BCUT2D eigenvalue weighted by molar-refractivity contribution is -0.122. The lowest BCUT2D eigenvalue weighted by Crippen LogP contribution is -2.41. The van der Waals surface area contributed by atoms with Crippen molar-refractivity contribution in [3.8, 4) is 0 Å². The lowest BCUT2D eigenvalue weighted by Gasteiger charge is -2.27. The molecule has 1 saturated carbocycles. The van der Waals surface area contributed by atoms with Crippen molar-refractivity contribution in [2.45, 2.75) is 31.7 Å². The number of aromatic nitrogens is 2. The number of benzene rings is 1. The molecule has 3 aliphatic rings. The van der Waals surface area contributed by atoms with Crippen molar-refractivity contribution >= 4 is 35.0 Å². The molecule has 2 aliphatic carbocycles. The monoisotopic (exact) mass is 452 g/mol. The summed E-state index contributed by atoms with van der Waals surface area (Å²) >= 11 is 6.40. The zero-order valence-electron chi connectivity index (χ0n) is 18.4. The average molecular weight is 453 g/mol. The number of carbonyl (C=O) groups excluding carboxylic acids is 1. The molecule has 2 heterocycles. The summed E-state index contributed by atoms with van der Waals surface area (Å²) in [6.45, 7) is 4.38. The fraction of sp³-hybridized carbons (Fsp3) is 0.458. The van der Waals surface area contributed by atoms with Gasteiger partial charge in [-0.3, -0.25) is 4.79 Å². The molecular formula is C24H29ClN6O. The van der Waals surface area contributed by atoms with Crippen LogP contribution in [-0.2, 0) is 11.2 Å². The fourth-order valence-electron chi connectivity index (χ4n) is 5.55. The van der Waals surface area contributed by atoms with Gasteiger partial charge in [0, 0.05) is 24.8 Å². The number of fused-ring (bicyclic) bond motifs is 3. The molecule has 168 valence electrons. The van der Waals surface area contributed by atoms with Gasteiger partial charge in [0.1, 0.15) is 5.02 Å². The largest absolute Gasteiger partial charge is 0.369 e. The van der Waals surface area contributed by atoms with Gasteiger partial charge >= 0.3 is 0 Å². The van der Waals surface area contributed by atoms with E-state index in [0.29, 0.717) is 22.7 Å². The molecule has 1 unspecified atom stereocenters. The first-order valence-corrected chi connectivity index (χ1v) is 11.6. The van der Waals surface area contributed by atoms with Crippen LogP contribution in [0.1, 0.15) is 30.4 Å². The third-order valence-electron chi connectivity index (χ3n) is 7.12. The maximum atomic E-state index is 12.0. The second kappa shape index (κ2) is 8.37. The molecule has 4 N–H and O–H groups in total. The van der Waals surface area contributed by atoms with Crippen LogP contribution in [0.5, 0.6) is 0 Å². The van der Waals surface area contributed by atoms with Crippen LogP contribution in [0.4, 0.5) is 17.5 Å². The number of halogens is 1. The summed E-state index contributed by atoms with van der Waals surface area (Å²) in [4.78, 5) is 23.4. The minimum absolute atomic E-state index is 0.104. The molecule has 1 amide bonds. The SMILES string of the molecule is CC1CN(C)CCc2ccc(Nc3ncc(Cl)c(N[C@H]4[C@@H](C(N)=O)[C@@H]5C=C[C@H]4C5)n3)cc21.